The fraction of sp³-hybridized carbons (Fsp3) is 0.263. The Kier molecular flexibility index (Phi) is 4.90. The van der Waals surface area contributed by atoms with Crippen LogP contribution >= 0.6 is 0 Å². The molecule has 0 spiro atoms. The number of ether oxygens (including phenoxy) is 2. The second-order valence-corrected chi connectivity index (χ2v) is 6.01. The summed E-state index contributed by atoms with van der Waals surface area (Å²) in [5.41, 5.74) is -0.438. The molecule has 0 radical (unpaired) electrons. The second-order valence-electron chi connectivity index (χ2n) is 6.01. The third-order valence-electron chi connectivity index (χ3n) is 4.09. The van der Waals surface area contributed by atoms with Crippen molar-refractivity contribution in [1.29, 1.82) is 0 Å². The van der Waals surface area contributed by atoms with Gasteiger partial charge in [-0.2, -0.15) is 10.1 Å². The normalized spacial score (nSPS) is 19.2. The van der Waals surface area contributed by atoms with Gasteiger partial charge in [0.25, 0.3) is 5.91 Å². The Bertz CT molecular complexity index is 820. The predicted octanol–water partition coefficient (Wildman–Crippen LogP) is 2.67. The molecule has 7 heteroatoms. The Balaban J connectivity index is 1.76. The zero-order valence-corrected chi connectivity index (χ0v) is 14.5. The standard InChI is InChI=1S/C19H19FN2O4/c1-13-11-19(24,14-3-7-16(25-2)8-4-14)22(21-13)18(23)12-26-17-9-5-15(20)6-10-17/h3-10,24H,11-12H2,1-2H3/t19-/m0/s1. The van der Waals surface area contributed by atoms with Gasteiger partial charge >= 0.3 is 0 Å². The summed E-state index contributed by atoms with van der Waals surface area (Å²) in [4.78, 5) is 12.6. The molecule has 1 N–H and O–H groups in total. The van der Waals surface area contributed by atoms with Gasteiger partial charge in [0, 0.05) is 17.7 Å². The van der Waals surface area contributed by atoms with Crippen molar-refractivity contribution < 1.29 is 23.8 Å². The summed E-state index contributed by atoms with van der Waals surface area (Å²) in [6.45, 7) is 1.41. The highest BCUT2D eigenvalue weighted by Gasteiger charge is 2.44. The summed E-state index contributed by atoms with van der Waals surface area (Å²) >= 11 is 0. The molecule has 0 aliphatic carbocycles. The van der Waals surface area contributed by atoms with Crippen LogP contribution in [0.5, 0.6) is 11.5 Å². The van der Waals surface area contributed by atoms with Crippen LogP contribution in [0, 0.1) is 5.82 Å². The lowest BCUT2D eigenvalue weighted by Crippen LogP contribution is -2.45. The molecule has 1 heterocycles. The van der Waals surface area contributed by atoms with Gasteiger partial charge in [-0.25, -0.2) is 4.39 Å². The van der Waals surface area contributed by atoms with Gasteiger partial charge in [-0.1, -0.05) is 12.1 Å². The first-order chi connectivity index (χ1) is 12.4. The monoisotopic (exact) mass is 358 g/mol. The van der Waals surface area contributed by atoms with Crippen LogP contribution in [0.25, 0.3) is 0 Å². The zero-order chi connectivity index (χ0) is 18.7. The minimum absolute atomic E-state index is 0.196. The molecular weight excluding hydrogens is 339 g/mol. The topological polar surface area (TPSA) is 71.4 Å². The average Bonchev–Trinajstić information content (AvgIpc) is 2.96. The largest absolute Gasteiger partial charge is 0.497 e. The van der Waals surface area contributed by atoms with Crippen molar-refractivity contribution in [3.05, 3.63) is 59.9 Å². The molecule has 6 nitrogen and oxygen atoms in total. The second kappa shape index (κ2) is 7.13. The Morgan fingerprint density at radius 3 is 2.42 bits per heavy atom. The number of halogens is 1. The van der Waals surface area contributed by atoms with E-state index in [4.69, 9.17) is 9.47 Å². The molecule has 0 fully saturated rings. The molecule has 1 aliphatic rings. The highest BCUT2D eigenvalue weighted by molar-refractivity contribution is 5.89. The van der Waals surface area contributed by atoms with Crippen LogP contribution in [0.1, 0.15) is 18.9 Å². The Morgan fingerprint density at radius 2 is 1.81 bits per heavy atom. The van der Waals surface area contributed by atoms with Crippen molar-refractivity contribution in [2.75, 3.05) is 13.7 Å². The van der Waals surface area contributed by atoms with Gasteiger partial charge in [-0.05, 0) is 43.3 Å². The molecule has 2 aromatic carbocycles. The molecule has 3 rings (SSSR count). The zero-order valence-electron chi connectivity index (χ0n) is 14.5. The molecular formula is C19H19FN2O4. The first kappa shape index (κ1) is 17.9. The molecule has 0 aromatic heterocycles. The number of carbonyl (C=O) groups excluding carboxylic acids is 1. The van der Waals surface area contributed by atoms with E-state index >= 15 is 0 Å². The third-order valence-corrected chi connectivity index (χ3v) is 4.09. The summed E-state index contributed by atoms with van der Waals surface area (Å²) < 4.78 is 23.4. The van der Waals surface area contributed by atoms with Crippen LogP contribution in [0.2, 0.25) is 0 Å². The Morgan fingerprint density at radius 1 is 1.19 bits per heavy atom. The maximum atomic E-state index is 12.9. The van der Waals surface area contributed by atoms with Gasteiger partial charge in [0.2, 0.25) is 0 Å². The Labute approximate surface area is 150 Å². The van der Waals surface area contributed by atoms with E-state index in [0.29, 0.717) is 22.8 Å². The first-order valence-corrected chi connectivity index (χ1v) is 8.05. The summed E-state index contributed by atoms with van der Waals surface area (Å²) in [5, 5.41) is 16.3. The van der Waals surface area contributed by atoms with Crippen LogP contribution in [-0.2, 0) is 10.5 Å². The van der Waals surface area contributed by atoms with E-state index in [1.807, 2.05) is 0 Å². The molecule has 0 bridgehead atoms. The molecule has 0 saturated heterocycles. The molecule has 1 atom stereocenters. The van der Waals surface area contributed by atoms with Crippen LogP contribution in [0.15, 0.2) is 53.6 Å². The highest BCUT2D eigenvalue weighted by Crippen LogP contribution is 2.36. The lowest BCUT2D eigenvalue weighted by atomic mass is 9.97. The average molecular weight is 358 g/mol. The number of aliphatic hydroxyl groups is 1. The Hall–Kier alpha value is -2.93. The third kappa shape index (κ3) is 3.52. The maximum absolute atomic E-state index is 12.9. The fourth-order valence-electron chi connectivity index (χ4n) is 2.80. The quantitative estimate of drug-likeness (QED) is 0.892. The van der Waals surface area contributed by atoms with Crippen LogP contribution in [0.4, 0.5) is 4.39 Å². The lowest BCUT2D eigenvalue weighted by molar-refractivity contribution is -0.159. The van der Waals surface area contributed by atoms with E-state index in [1.54, 1.807) is 38.3 Å². The van der Waals surface area contributed by atoms with Gasteiger partial charge in [0.1, 0.15) is 17.3 Å². The number of methoxy groups -OCH3 is 1. The minimum atomic E-state index is -1.58. The van der Waals surface area contributed by atoms with Gasteiger partial charge in [0.05, 0.1) is 7.11 Å². The van der Waals surface area contributed by atoms with E-state index in [2.05, 4.69) is 5.10 Å². The minimum Gasteiger partial charge on any atom is -0.497 e. The number of rotatable bonds is 5. The summed E-state index contributed by atoms with van der Waals surface area (Å²) in [5.74, 6) is 0.0972. The van der Waals surface area contributed by atoms with E-state index in [0.717, 1.165) is 5.01 Å². The highest BCUT2D eigenvalue weighted by atomic mass is 19.1. The van der Waals surface area contributed by atoms with Gasteiger partial charge in [-0.3, -0.25) is 4.79 Å². The van der Waals surface area contributed by atoms with E-state index < -0.39 is 17.4 Å². The van der Waals surface area contributed by atoms with E-state index in [-0.39, 0.29) is 13.0 Å². The van der Waals surface area contributed by atoms with Crippen molar-refractivity contribution in [3.63, 3.8) is 0 Å². The van der Waals surface area contributed by atoms with Crippen molar-refractivity contribution in [2.45, 2.75) is 19.1 Å². The molecule has 26 heavy (non-hydrogen) atoms. The van der Waals surface area contributed by atoms with Gasteiger partial charge in [0.15, 0.2) is 12.3 Å². The van der Waals surface area contributed by atoms with Crippen LogP contribution < -0.4 is 9.47 Å². The predicted molar refractivity (Wildman–Crippen MR) is 93.4 cm³/mol. The molecule has 0 saturated carbocycles. The smallest absolute Gasteiger partial charge is 0.283 e. The van der Waals surface area contributed by atoms with Crippen molar-refractivity contribution in [2.24, 2.45) is 5.10 Å². The van der Waals surface area contributed by atoms with Crippen LogP contribution in [0.3, 0.4) is 0 Å². The van der Waals surface area contributed by atoms with Crippen molar-refractivity contribution in [3.8, 4) is 11.5 Å². The van der Waals surface area contributed by atoms with Crippen LogP contribution in [-0.4, -0.2) is 35.5 Å². The first-order valence-electron chi connectivity index (χ1n) is 8.05. The van der Waals surface area contributed by atoms with Gasteiger partial charge in [-0.15, -0.1) is 0 Å². The molecule has 136 valence electrons. The molecule has 2 aromatic rings. The van der Waals surface area contributed by atoms with Gasteiger partial charge < -0.3 is 14.6 Å². The molecule has 1 aliphatic heterocycles. The molecule has 1 amide bonds. The summed E-state index contributed by atoms with van der Waals surface area (Å²) in [6.07, 6.45) is 0.196. The molecule has 0 unspecified atom stereocenters. The van der Waals surface area contributed by atoms with E-state index in [9.17, 15) is 14.3 Å². The number of benzene rings is 2. The maximum Gasteiger partial charge on any atom is 0.283 e. The SMILES string of the molecule is COc1ccc([C@@]2(O)CC(C)=NN2C(=O)COc2ccc(F)cc2)cc1. The fourth-order valence-corrected chi connectivity index (χ4v) is 2.80. The van der Waals surface area contributed by atoms with E-state index in [1.165, 1.54) is 24.3 Å². The number of amides is 1. The van der Waals surface area contributed by atoms with Crippen molar-refractivity contribution >= 4 is 11.6 Å². The number of hydrazone groups is 1. The summed E-state index contributed by atoms with van der Waals surface area (Å²) in [7, 11) is 1.55. The van der Waals surface area contributed by atoms with Crippen molar-refractivity contribution in [1.82, 2.24) is 5.01 Å². The summed E-state index contributed by atoms with van der Waals surface area (Å²) in [6, 6.07) is 12.1. The number of carbonyl (C=O) groups is 1. The number of nitrogens with zero attached hydrogens (tertiary/aromatic N) is 2. The number of hydrogen-bond donors (Lipinski definition) is 1. The number of hydrogen-bond acceptors (Lipinski definition) is 5. The lowest BCUT2D eigenvalue weighted by Gasteiger charge is -2.31.